The number of benzene rings is 2. The largest absolute Gasteiger partial charge is 0.497 e. The van der Waals surface area contributed by atoms with Crippen LogP contribution in [0.3, 0.4) is 0 Å². The van der Waals surface area contributed by atoms with Gasteiger partial charge >= 0.3 is 0 Å². The summed E-state index contributed by atoms with van der Waals surface area (Å²) in [4.78, 5) is 10.4. The van der Waals surface area contributed by atoms with Crippen molar-refractivity contribution in [3.63, 3.8) is 0 Å². The van der Waals surface area contributed by atoms with Crippen LogP contribution in [0.25, 0.3) is 0 Å². The Kier molecular flexibility index (Phi) is 4.37. The molecule has 21 heavy (non-hydrogen) atoms. The lowest BCUT2D eigenvalue weighted by molar-refractivity contribution is -0.384. The summed E-state index contributed by atoms with van der Waals surface area (Å²) in [5, 5.41) is 13.9. The monoisotopic (exact) mass is 290 g/mol. The van der Waals surface area contributed by atoms with E-state index < -0.39 is 10.7 Å². The second-order valence-corrected chi connectivity index (χ2v) is 4.56. The van der Waals surface area contributed by atoms with E-state index >= 15 is 0 Å². The van der Waals surface area contributed by atoms with Gasteiger partial charge < -0.3 is 10.1 Å². The fourth-order valence-electron chi connectivity index (χ4n) is 1.99. The molecule has 0 aromatic heterocycles. The number of ether oxygens (including phenoxy) is 1. The quantitative estimate of drug-likeness (QED) is 0.669. The third-order valence-electron chi connectivity index (χ3n) is 3.14. The Morgan fingerprint density at radius 2 is 1.90 bits per heavy atom. The molecule has 1 N–H and O–H groups in total. The normalized spacial score (nSPS) is 11.8. The van der Waals surface area contributed by atoms with Crippen molar-refractivity contribution in [2.24, 2.45) is 0 Å². The molecule has 1 unspecified atom stereocenters. The molecule has 5 nitrogen and oxygen atoms in total. The summed E-state index contributed by atoms with van der Waals surface area (Å²) in [5.74, 6) is 0.202. The van der Waals surface area contributed by atoms with Crippen molar-refractivity contribution in [3.05, 3.63) is 64.0 Å². The summed E-state index contributed by atoms with van der Waals surface area (Å²) in [6.07, 6.45) is 0. The number of nitro groups is 1. The molecule has 2 rings (SSSR count). The summed E-state index contributed by atoms with van der Waals surface area (Å²) in [7, 11) is 1.58. The van der Waals surface area contributed by atoms with Crippen LogP contribution in [0.5, 0.6) is 5.75 Å². The van der Waals surface area contributed by atoms with Crippen molar-refractivity contribution in [1.29, 1.82) is 0 Å². The predicted molar refractivity (Wildman–Crippen MR) is 78.1 cm³/mol. The molecule has 1 atom stereocenters. The third kappa shape index (κ3) is 3.47. The van der Waals surface area contributed by atoms with E-state index in [4.69, 9.17) is 4.74 Å². The highest BCUT2D eigenvalue weighted by Crippen LogP contribution is 2.29. The molecule has 2 aromatic rings. The van der Waals surface area contributed by atoms with Gasteiger partial charge in [-0.15, -0.1) is 0 Å². The fraction of sp³-hybridized carbons (Fsp3) is 0.200. The Hall–Kier alpha value is -2.63. The summed E-state index contributed by atoms with van der Waals surface area (Å²) < 4.78 is 18.4. The summed E-state index contributed by atoms with van der Waals surface area (Å²) >= 11 is 0. The molecule has 0 aliphatic rings. The molecule has 6 heteroatoms. The highest BCUT2D eigenvalue weighted by Gasteiger charge is 2.16. The van der Waals surface area contributed by atoms with Crippen LogP contribution < -0.4 is 10.1 Å². The lowest BCUT2D eigenvalue weighted by atomic mass is 10.1. The minimum Gasteiger partial charge on any atom is -0.497 e. The first kappa shape index (κ1) is 14.8. The SMILES string of the molecule is COc1ccc(C(C)Nc2cc(F)ccc2[N+](=O)[O-])cc1. The second-order valence-electron chi connectivity index (χ2n) is 4.56. The Labute approximate surface area is 121 Å². The van der Waals surface area contributed by atoms with Crippen molar-refractivity contribution in [1.82, 2.24) is 0 Å². The average Bonchev–Trinajstić information content (AvgIpc) is 2.47. The van der Waals surface area contributed by atoms with Crippen LogP contribution in [-0.4, -0.2) is 12.0 Å². The van der Waals surface area contributed by atoms with E-state index in [1.165, 1.54) is 0 Å². The third-order valence-corrected chi connectivity index (χ3v) is 3.14. The van der Waals surface area contributed by atoms with E-state index in [1.807, 2.05) is 19.1 Å². The first-order valence-electron chi connectivity index (χ1n) is 6.35. The molecular formula is C15H15FN2O3. The minimum atomic E-state index is -0.539. The van der Waals surface area contributed by atoms with Crippen LogP contribution in [0.4, 0.5) is 15.8 Å². The van der Waals surface area contributed by atoms with E-state index in [-0.39, 0.29) is 17.4 Å². The number of rotatable bonds is 5. The maximum atomic E-state index is 13.3. The molecule has 0 saturated carbocycles. The average molecular weight is 290 g/mol. The van der Waals surface area contributed by atoms with Gasteiger partial charge in [-0.05, 0) is 30.7 Å². The molecule has 0 amide bonds. The van der Waals surface area contributed by atoms with E-state index in [1.54, 1.807) is 19.2 Å². The molecule has 2 aromatic carbocycles. The first-order chi connectivity index (χ1) is 10.0. The Balaban J connectivity index is 2.24. The molecule has 0 fully saturated rings. The summed E-state index contributed by atoms with van der Waals surface area (Å²) in [6.45, 7) is 1.84. The van der Waals surface area contributed by atoms with Crippen molar-refractivity contribution in [2.75, 3.05) is 12.4 Å². The topological polar surface area (TPSA) is 64.4 Å². The van der Waals surface area contributed by atoms with Crippen LogP contribution in [0, 0.1) is 15.9 Å². The number of nitrogens with one attached hydrogen (secondary N) is 1. The molecule has 0 heterocycles. The molecule has 0 spiro atoms. The molecule has 0 aliphatic carbocycles. The Bertz CT molecular complexity index is 644. The van der Waals surface area contributed by atoms with Crippen LogP contribution in [0.2, 0.25) is 0 Å². The smallest absolute Gasteiger partial charge is 0.292 e. The zero-order valence-corrected chi connectivity index (χ0v) is 11.7. The summed E-state index contributed by atoms with van der Waals surface area (Å²) in [5.41, 5.74) is 0.912. The zero-order chi connectivity index (χ0) is 15.4. The minimum absolute atomic E-state index is 0.156. The van der Waals surface area contributed by atoms with Gasteiger partial charge in [0.1, 0.15) is 17.3 Å². The zero-order valence-electron chi connectivity index (χ0n) is 11.7. The summed E-state index contributed by atoms with van der Waals surface area (Å²) in [6, 6.07) is 10.4. The van der Waals surface area contributed by atoms with Crippen molar-refractivity contribution in [2.45, 2.75) is 13.0 Å². The Morgan fingerprint density at radius 1 is 1.24 bits per heavy atom. The number of hydrogen-bond acceptors (Lipinski definition) is 4. The molecule has 0 bridgehead atoms. The maximum absolute atomic E-state index is 13.3. The number of halogens is 1. The van der Waals surface area contributed by atoms with E-state index in [0.29, 0.717) is 0 Å². The highest BCUT2D eigenvalue weighted by atomic mass is 19.1. The first-order valence-corrected chi connectivity index (χ1v) is 6.35. The van der Waals surface area contributed by atoms with Crippen LogP contribution in [-0.2, 0) is 0 Å². The van der Waals surface area contributed by atoms with Crippen LogP contribution in [0.15, 0.2) is 42.5 Å². The highest BCUT2D eigenvalue weighted by molar-refractivity contribution is 5.62. The number of hydrogen-bond donors (Lipinski definition) is 1. The van der Waals surface area contributed by atoms with Crippen molar-refractivity contribution < 1.29 is 14.1 Å². The van der Waals surface area contributed by atoms with Gasteiger partial charge in [0.15, 0.2) is 0 Å². The molecule has 0 aliphatic heterocycles. The van der Waals surface area contributed by atoms with Gasteiger partial charge in [-0.25, -0.2) is 4.39 Å². The van der Waals surface area contributed by atoms with Gasteiger partial charge in [0.2, 0.25) is 0 Å². The molecular weight excluding hydrogens is 275 g/mol. The van der Waals surface area contributed by atoms with Gasteiger partial charge in [-0.1, -0.05) is 12.1 Å². The standard InChI is InChI=1S/C15H15FN2O3/c1-10(11-3-6-13(21-2)7-4-11)17-14-9-12(16)5-8-15(14)18(19)20/h3-10,17H,1-2H3. The van der Waals surface area contributed by atoms with E-state index in [9.17, 15) is 14.5 Å². The van der Waals surface area contributed by atoms with E-state index in [2.05, 4.69) is 5.32 Å². The van der Waals surface area contributed by atoms with Gasteiger partial charge in [0.05, 0.1) is 12.0 Å². The molecule has 0 radical (unpaired) electrons. The lowest BCUT2D eigenvalue weighted by Crippen LogP contribution is -2.08. The number of methoxy groups -OCH3 is 1. The van der Waals surface area contributed by atoms with Gasteiger partial charge in [-0.3, -0.25) is 10.1 Å². The second kappa shape index (κ2) is 6.21. The maximum Gasteiger partial charge on any atom is 0.292 e. The predicted octanol–water partition coefficient (Wildman–Crippen LogP) is 3.92. The van der Waals surface area contributed by atoms with Crippen LogP contribution in [0.1, 0.15) is 18.5 Å². The number of nitrogens with zero attached hydrogens (tertiary/aromatic N) is 1. The van der Waals surface area contributed by atoms with Crippen molar-refractivity contribution in [3.8, 4) is 5.75 Å². The fourth-order valence-corrected chi connectivity index (χ4v) is 1.99. The van der Waals surface area contributed by atoms with Crippen molar-refractivity contribution >= 4 is 11.4 Å². The van der Waals surface area contributed by atoms with Gasteiger partial charge in [0.25, 0.3) is 5.69 Å². The van der Waals surface area contributed by atoms with E-state index in [0.717, 1.165) is 29.5 Å². The van der Waals surface area contributed by atoms with Crippen LogP contribution >= 0.6 is 0 Å². The lowest BCUT2D eigenvalue weighted by Gasteiger charge is -2.16. The molecule has 0 saturated heterocycles. The molecule has 110 valence electrons. The number of nitro benzene ring substituents is 1. The van der Waals surface area contributed by atoms with Gasteiger partial charge in [0, 0.05) is 18.2 Å². The van der Waals surface area contributed by atoms with Gasteiger partial charge in [-0.2, -0.15) is 0 Å². The number of anilines is 1. The Morgan fingerprint density at radius 3 is 2.48 bits per heavy atom.